The second-order valence-electron chi connectivity index (χ2n) is 6.84. The largest absolute Gasteiger partial charge is 0.493 e. The van der Waals surface area contributed by atoms with Crippen LogP contribution in [0.1, 0.15) is 23.2 Å². The number of hydrogen-bond acceptors (Lipinski definition) is 6. The highest BCUT2D eigenvalue weighted by Crippen LogP contribution is 2.29. The van der Waals surface area contributed by atoms with Crippen molar-refractivity contribution in [3.8, 4) is 11.5 Å². The zero-order chi connectivity index (χ0) is 20.9. The van der Waals surface area contributed by atoms with E-state index in [9.17, 15) is 13.2 Å². The number of amides is 1. The number of benzene rings is 1. The summed E-state index contributed by atoms with van der Waals surface area (Å²) in [4.78, 5) is 18.3. The number of piperidine rings is 1. The quantitative estimate of drug-likeness (QED) is 0.736. The minimum atomic E-state index is -3.66. The van der Waals surface area contributed by atoms with Crippen LogP contribution in [-0.4, -0.2) is 58.1 Å². The lowest BCUT2D eigenvalue weighted by molar-refractivity contribution is 0.0692. The fraction of sp³-hybridized carbons (Fsp3) is 0.400. The zero-order valence-electron chi connectivity index (χ0n) is 16.5. The molecular weight excluding hydrogens is 394 g/mol. The molecule has 8 nitrogen and oxygen atoms in total. The molecule has 1 aliphatic heterocycles. The molecule has 1 aromatic heterocycles. The average molecular weight is 420 g/mol. The van der Waals surface area contributed by atoms with Gasteiger partial charge in [-0.2, -0.15) is 0 Å². The first-order valence-electron chi connectivity index (χ1n) is 9.35. The van der Waals surface area contributed by atoms with Gasteiger partial charge in [0.05, 0.1) is 19.1 Å². The predicted molar refractivity (Wildman–Crippen MR) is 108 cm³/mol. The van der Waals surface area contributed by atoms with E-state index in [0.29, 0.717) is 36.7 Å². The number of hydrogen-bond donors (Lipinski definition) is 1. The van der Waals surface area contributed by atoms with E-state index < -0.39 is 10.0 Å². The van der Waals surface area contributed by atoms with Crippen molar-refractivity contribution in [2.45, 2.75) is 17.7 Å². The van der Waals surface area contributed by atoms with Gasteiger partial charge in [0.1, 0.15) is 0 Å². The SMILES string of the molecule is COc1ccc(S(=O)(=O)NCC2CCN(C(=O)c3ccncc3)CC2)cc1OC. The van der Waals surface area contributed by atoms with Crippen LogP contribution in [0, 0.1) is 5.92 Å². The molecule has 3 rings (SSSR count). The van der Waals surface area contributed by atoms with Gasteiger partial charge in [-0.25, -0.2) is 13.1 Å². The van der Waals surface area contributed by atoms with Crippen molar-refractivity contribution >= 4 is 15.9 Å². The van der Waals surface area contributed by atoms with Crippen LogP contribution in [0.4, 0.5) is 0 Å². The van der Waals surface area contributed by atoms with Crippen molar-refractivity contribution in [3.05, 3.63) is 48.3 Å². The summed E-state index contributed by atoms with van der Waals surface area (Å²) < 4.78 is 38.2. The number of nitrogens with one attached hydrogen (secondary N) is 1. The molecule has 0 bridgehead atoms. The Bertz CT molecular complexity index is 942. The number of ether oxygens (including phenoxy) is 2. The van der Waals surface area contributed by atoms with E-state index in [1.54, 1.807) is 35.5 Å². The zero-order valence-corrected chi connectivity index (χ0v) is 17.3. The van der Waals surface area contributed by atoms with Gasteiger partial charge in [-0.3, -0.25) is 9.78 Å². The van der Waals surface area contributed by atoms with Crippen LogP contribution >= 0.6 is 0 Å². The summed E-state index contributed by atoms with van der Waals surface area (Å²) in [5, 5.41) is 0. The molecule has 9 heteroatoms. The molecule has 0 saturated carbocycles. The molecule has 1 fully saturated rings. The fourth-order valence-electron chi connectivity index (χ4n) is 3.31. The highest BCUT2D eigenvalue weighted by molar-refractivity contribution is 7.89. The Morgan fingerprint density at radius 1 is 1.10 bits per heavy atom. The molecule has 156 valence electrons. The highest BCUT2D eigenvalue weighted by atomic mass is 32.2. The standard InChI is InChI=1S/C20H25N3O5S/c1-27-18-4-3-17(13-19(18)28-2)29(25,26)22-14-15-7-11-23(12-8-15)20(24)16-5-9-21-10-6-16/h3-6,9-10,13,15,22H,7-8,11-12,14H2,1-2H3. The molecule has 1 N–H and O–H groups in total. The lowest BCUT2D eigenvalue weighted by atomic mass is 9.97. The summed E-state index contributed by atoms with van der Waals surface area (Å²) in [7, 11) is -0.706. The van der Waals surface area contributed by atoms with Gasteiger partial charge in [0.15, 0.2) is 11.5 Å². The van der Waals surface area contributed by atoms with Crippen molar-refractivity contribution in [2.24, 2.45) is 5.92 Å². The number of likely N-dealkylation sites (tertiary alicyclic amines) is 1. The summed E-state index contributed by atoms with van der Waals surface area (Å²) in [6, 6.07) is 7.89. The predicted octanol–water partition coefficient (Wildman–Crippen LogP) is 1.93. The van der Waals surface area contributed by atoms with Crippen LogP contribution < -0.4 is 14.2 Å². The number of carbonyl (C=O) groups excluding carboxylic acids is 1. The van der Waals surface area contributed by atoms with Crippen LogP contribution in [0.25, 0.3) is 0 Å². The molecule has 1 aliphatic rings. The molecular formula is C20H25N3O5S. The summed E-state index contributed by atoms with van der Waals surface area (Å²) in [6.45, 7) is 1.53. The molecule has 0 unspecified atom stereocenters. The smallest absolute Gasteiger partial charge is 0.253 e. The fourth-order valence-corrected chi connectivity index (χ4v) is 4.44. The van der Waals surface area contributed by atoms with Gasteiger partial charge in [-0.1, -0.05) is 0 Å². The maximum atomic E-state index is 12.6. The number of rotatable bonds is 7. The molecule has 0 radical (unpaired) electrons. The maximum Gasteiger partial charge on any atom is 0.253 e. The maximum absolute atomic E-state index is 12.6. The normalized spacial score (nSPS) is 15.2. The molecule has 1 aromatic carbocycles. The third kappa shape index (κ3) is 5.04. The van der Waals surface area contributed by atoms with Gasteiger partial charge < -0.3 is 14.4 Å². The second-order valence-corrected chi connectivity index (χ2v) is 8.61. The van der Waals surface area contributed by atoms with Crippen molar-refractivity contribution in [3.63, 3.8) is 0 Å². The number of sulfonamides is 1. The van der Waals surface area contributed by atoms with Crippen LogP contribution in [0.5, 0.6) is 11.5 Å². The van der Waals surface area contributed by atoms with E-state index in [1.807, 2.05) is 0 Å². The molecule has 1 amide bonds. The second kappa shape index (κ2) is 9.23. The number of pyridine rings is 1. The number of nitrogens with zero attached hydrogens (tertiary/aromatic N) is 2. The van der Waals surface area contributed by atoms with Gasteiger partial charge in [0.25, 0.3) is 5.91 Å². The first-order chi connectivity index (χ1) is 13.9. The van der Waals surface area contributed by atoms with Crippen molar-refractivity contribution in [1.82, 2.24) is 14.6 Å². The van der Waals surface area contributed by atoms with Gasteiger partial charge in [0.2, 0.25) is 10.0 Å². The van der Waals surface area contributed by atoms with Gasteiger partial charge >= 0.3 is 0 Å². The van der Waals surface area contributed by atoms with Gasteiger partial charge in [-0.15, -0.1) is 0 Å². The monoisotopic (exact) mass is 419 g/mol. The third-order valence-electron chi connectivity index (χ3n) is 5.06. The minimum absolute atomic E-state index is 0.0169. The van der Waals surface area contributed by atoms with Crippen molar-refractivity contribution < 1.29 is 22.7 Å². The third-order valence-corrected chi connectivity index (χ3v) is 6.48. The van der Waals surface area contributed by atoms with E-state index >= 15 is 0 Å². The Morgan fingerprint density at radius 3 is 2.38 bits per heavy atom. The highest BCUT2D eigenvalue weighted by Gasteiger charge is 2.25. The van der Waals surface area contributed by atoms with E-state index in [0.717, 1.165) is 12.8 Å². The molecule has 29 heavy (non-hydrogen) atoms. The van der Waals surface area contributed by atoms with E-state index in [2.05, 4.69) is 9.71 Å². The molecule has 0 atom stereocenters. The van der Waals surface area contributed by atoms with E-state index in [1.165, 1.54) is 26.4 Å². The first kappa shape index (κ1) is 21.1. The lowest BCUT2D eigenvalue weighted by Crippen LogP contribution is -2.41. The lowest BCUT2D eigenvalue weighted by Gasteiger charge is -2.32. The topological polar surface area (TPSA) is 97.8 Å². The van der Waals surface area contributed by atoms with Gasteiger partial charge in [-0.05, 0) is 43.0 Å². The Hall–Kier alpha value is -2.65. The number of carbonyl (C=O) groups is 1. The number of aromatic nitrogens is 1. The van der Waals surface area contributed by atoms with Crippen LogP contribution in [0.2, 0.25) is 0 Å². The molecule has 2 aromatic rings. The van der Waals surface area contributed by atoms with Gasteiger partial charge in [0, 0.05) is 43.7 Å². The Morgan fingerprint density at radius 2 is 1.76 bits per heavy atom. The molecule has 2 heterocycles. The van der Waals surface area contributed by atoms with E-state index in [4.69, 9.17) is 9.47 Å². The molecule has 0 aliphatic carbocycles. The van der Waals surface area contributed by atoms with E-state index in [-0.39, 0.29) is 16.7 Å². The van der Waals surface area contributed by atoms with Crippen LogP contribution in [0.3, 0.4) is 0 Å². The van der Waals surface area contributed by atoms with Crippen molar-refractivity contribution in [1.29, 1.82) is 0 Å². The first-order valence-corrected chi connectivity index (χ1v) is 10.8. The summed E-state index contributed by atoms with van der Waals surface area (Å²) in [5.41, 5.74) is 0.618. The molecule has 1 saturated heterocycles. The average Bonchev–Trinajstić information content (AvgIpc) is 2.77. The Labute approximate surface area is 170 Å². The minimum Gasteiger partial charge on any atom is -0.493 e. The van der Waals surface area contributed by atoms with Crippen molar-refractivity contribution in [2.75, 3.05) is 33.9 Å². The number of methoxy groups -OCH3 is 2. The Kier molecular flexibility index (Phi) is 6.71. The Balaban J connectivity index is 1.55. The van der Waals surface area contributed by atoms with Crippen LogP contribution in [-0.2, 0) is 10.0 Å². The summed E-state index contributed by atoms with van der Waals surface area (Å²) in [6.07, 6.45) is 4.68. The summed E-state index contributed by atoms with van der Waals surface area (Å²) in [5.74, 6) is 0.985. The summed E-state index contributed by atoms with van der Waals surface area (Å²) >= 11 is 0. The molecule has 0 spiro atoms. The van der Waals surface area contributed by atoms with Crippen LogP contribution in [0.15, 0.2) is 47.6 Å².